The zero-order valence-electron chi connectivity index (χ0n) is 12.8. The van der Waals surface area contributed by atoms with Crippen LogP contribution >= 0.6 is 11.6 Å². The number of benzene rings is 1. The maximum absolute atomic E-state index is 13.3. The third-order valence-electron chi connectivity index (χ3n) is 3.99. The molecule has 24 heavy (non-hydrogen) atoms. The number of pyridine rings is 1. The van der Waals surface area contributed by atoms with Crippen molar-refractivity contribution in [1.29, 1.82) is 5.26 Å². The average Bonchev–Trinajstić information content (AvgIpc) is 2.61. The van der Waals surface area contributed by atoms with Crippen molar-refractivity contribution in [1.82, 2.24) is 4.98 Å². The first-order valence-corrected chi connectivity index (χ1v) is 7.90. The van der Waals surface area contributed by atoms with E-state index >= 15 is 0 Å². The molecule has 0 N–H and O–H groups in total. The minimum Gasteiger partial charge on any atom is -0.368 e. The Hall–Kier alpha value is -2.39. The first-order valence-electron chi connectivity index (χ1n) is 7.52. The maximum atomic E-state index is 13.3. The summed E-state index contributed by atoms with van der Waals surface area (Å²) in [4.78, 5) is 8.00. The minimum absolute atomic E-state index is 0.267. The number of nitriles is 1. The second-order valence-corrected chi connectivity index (χ2v) is 5.96. The standard InChI is InChI=1S/C17H15ClF2N4/c18-17(19,20)15-7-6-13(12-21)16(22-15)24-10-8-23(9-11-24)14-4-2-1-3-5-14/h1-7H,8-11H2. The van der Waals surface area contributed by atoms with Crippen molar-refractivity contribution < 1.29 is 8.78 Å². The Labute approximate surface area is 143 Å². The van der Waals surface area contributed by atoms with Gasteiger partial charge in [0.2, 0.25) is 0 Å². The van der Waals surface area contributed by atoms with Gasteiger partial charge in [0.25, 0.3) is 0 Å². The zero-order chi connectivity index (χ0) is 17.2. The summed E-state index contributed by atoms with van der Waals surface area (Å²) >= 11 is 5.06. The largest absolute Gasteiger partial charge is 0.368 e. The summed E-state index contributed by atoms with van der Waals surface area (Å²) in [6, 6.07) is 14.4. The number of rotatable bonds is 3. The van der Waals surface area contributed by atoms with E-state index in [1.165, 1.54) is 6.07 Å². The molecule has 0 radical (unpaired) electrons. The number of aromatic nitrogens is 1. The number of anilines is 2. The van der Waals surface area contributed by atoms with E-state index in [0.29, 0.717) is 13.1 Å². The molecule has 0 atom stereocenters. The van der Waals surface area contributed by atoms with Crippen LogP contribution in [0.1, 0.15) is 11.3 Å². The van der Waals surface area contributed by atoms with E-state index in [4.69, 9.17) is 11.6 Å². The molecule has 2 aromatic rings. The van der Waals surface area contributed by atoms with Gasteiger partial charge in [-0.15, -0.1) is 0 Å². The molecule has 7 heteroatoms. The summed E-state index contributed by atoms with van der Waals surface area (Å²) in [6.45, 7) is 2.62. The number of alkyl halides is 3. The Balaban J connectivity index is 1.80. The van der Waals surface area contributed by atoms with E-state index in [-0.39, 0.29) is 11.4 Å². The highest BCUT2D eigenvalue weighted by Crippen LogP contribution is 2.33. The van der Waals surface area contributed by atoms with Gasteiger partial charge < -0.3 is 9.80 Å². The van der Waals surface area contributed by atoms with Crippen molar-refractivity contribution in [2.75, 3.05) is 36.0 Å². The van der Waals surface area contributed by atoms with Gasteiger partial charge in [0.15, 0.2) is 0 Å². The Morgan fingerprint density at radius 1 is 1.00 bits per heavy atom. The van der Waals surface area contributed by atoms with Gasteiger partial charge in [-0.2, -0.15) is 14.0 Å². The van der Waals surface area contributed by atoms with Crippen LogP contribution < -0.4 is 9.80 Å². The summed E-state index contributed by atoms with van der Waals surface area (Å²) in [5.74, 6) is 0.267. The molecule has 0 bridgehead atoms. The lowest BCUT2D eigenvalue weighted by Gasteiger charge is -2.37. The fourth-order valence-electron chi connectivity index (χ4n) is 2.75. The number of halogens is 3. The second-order valence-electron chi connectivity index (χ2n) is 5.49. The Kier molecular flexibility index (Phi) is 4.54. The van der Waals surface area contributed by atoms with Crippen LogP contribution in [0.3, 0.4) is 0 Å². The van der Waals surface area contributed by atoms with Gasteiger partial charge >= 0.3 is 5.38 Å². The smallest absolute Gasteiger partial charge is 0.364 e. The van der Waals surface area contributed by atoms with Crippen LogP contribution in [0.25, 0.3) is 0 Å². The Morgan fingerprint density at radius 3 is 2.21 bits per heavy atom. The van der Waals surface area contributed by atoms with Crippen molar-refractivity contribution in [2.24, 2.45) is 0 Å². The summed E-state index contributed by atoms with van der Waals surface area (Å²) in [5.41, 5.74) is 0.850. The lowest BCUT2D eigenvalue weighted by atomic mass is 10.2. The number of para-hydroxylation sites is 1. The van der Waals surface area contributed by atoms with Crippen LogP contribution in [0.5, 0.6) is 0 Å². The van der Waals surface area contributed by atoms with Crippen molar-refractivity contribution in [3.63, 3.8) is 0 Å². The van der Waals surface area contributed by atoms with Crippen LogP contribution in [-0.2, 0) is 5.38 Å². The van der Waals surface area contributed by atoms with E-state index in [1.54, 1.807) is 0 Å². The van der Waals surface area contributed by atoms with Crippen LogP contribution in [0.15, 0.2) is 42.5 Å². The van der Waals surface area contributed by atoms with E-state index < -0.39 is 11.1 Å². The molecule has 0 unspecified atom stereocenters. The van der Waals surface area contributed by atoms with Gasteiger partial charge in [-0.05, 0) is 35.9 Å². The lowest BCUT2D eigenvalue weighted by Crippen LogP contribution is -2.47. The molecule has 1 aromatic carbocycles. The first-order chi connectivity index (χ1) is 11.5. The van der Waals surface area contributed by atoms with Gasteiger partial charge in [0.1, 0.15) is 17.6 Å². The van der Waals surface area contributed by atoms with E-state index in [0.717, 1.165) is 24.8 Å². The zero-order valence-corrected chi connectivity index (χ0v) is 13.5. The monoisotopic (exact) mass is 348 g/mol. The normalized spacial score (nSPS) is 15.2. The molecule has 1 aromatic heterocycles. The quantitative estimate of drug-likeness (QED) is 0.795. The molecule has 124 valence electrons. The number of piperazine rings is 1. The van der Waals surface area contributed by atoms with Crippen LogP contribution in [0.2, 0.25) is 0 Å². The van der Waals surface area contributed by atoms with Crippen molar-refractivity contribution in [3.05, 3.63) is 53.7 Å². The number of hydrogen-bond donors (Lipinski definition) is 0. The fourth-order valence-corrected chi connectivity index (χ4v) is 2.86. The predicted molar refractivity (Wildman–Crippen MR) is 89.6 cm³/mol. The van der Waals surface area contributed by atoms with Gasteiger partial charge in [-0.1, -0.05) is 18.2 Å². The van der Waals surface area contributed by atoms with E-state index in [1.807, 2.05) is 41.3 Å². The summed E-state index contributed by atoms with van der Waals surface area (Å²) < 4.78 is 26.6. The van der Waals surface area contributed by atoms with Crippen LogP contribution in [-0.4, -0.2) is 31.2 Å². The highest BCUT2D eigenvalue weighted by molar-refractivity contribution is 6.21. The topological polar surface area (TPSA) is 43.2 Å². The summed E-state index contributed by atoms with van der Waals surface area (Å²) in [6.07, 6.45) is 0. The van der Waals surface area contributed by atoms with Crippen molar-refractivity contribution in [2.45, 2.75) is 5.38 Å². The predicted octanol–water partition coefficient (Wildman–Crippen LogP) is 3.57. The van der Waals surface area contributed by atoms with Gasteiger partial charge in [-0.3, -0.25) is 0 Å². The second kappa shape index (κ2) is 6.62. The molecule has 4 nitrogen and oxygen atoms in total. The first kappa shape index (κ1) is 16.5. The van der Waals surface area contributed by atoms with Crippen LogP contribution in [0, 0.1) is 11.3 Å². The lowest BCUT2D eigenvalue weighted by molar-refractivity contribution is 0.0901. The molecule has 1 aliphatic rings. The van der Waals surface area contributed by atoms with Gasteiger partial charge in [0.05, 0.1) is 5.56 Å². The number of nitrogens with zero attached hydrogens (tertiary/aromatic N) is 4. The molecule has 3 rings (SSSR count). The SMILES string of the molecule is N#Cc1ccc(C(F)(F)Cl)nc1N1CCN(c2ccccc2)CC1. The molecule has 0 spiro atoms. The molecule has 0 aliphatic carbocycles. The van der Waals surface area contributed by atoms with Crippen molar-refractivity contribution >= 4 is 23.1 Å². The Morgan fingerprint density at radius 2 is 1.62 bits per heavy atom. The summed E-state index contributed by atoms with van der Waals surface area (Å²) in [7, 11) is 0. The van der Waals surface area contributed by atoms with E-state index in [2.05, 4.69) is 9.88 Å². The highest BCUT2D eigenvalue weighted by Gasteiger charge is 2.31. The molecule has 1 aliphatic heterocycles. The molecule has 1 saturated heterocycles. The van der Waals surface area contributed by atoms with Gasteiger partial charge in [-0.25, -0.2) is 4.98 Å². The molecular weight excluding hydrogens is 334 g/mol. The maximum Gasteiger partial charge on any atom is 0.364 e. The molecule has 0 amide bonds. The highest BCUT2D eigenvalue weighted by atomic mass is 35.5. The van der Waals surface area contributed by atoms with E-state index in [9.17, 15) is 14.0 Å². The summed E-state index contributed by atoms with van der Waals surface area (Å²) in [5, 5.41) is 5.68. The Bertz CT molecular complexity index is 747. The minimum atomic E-state index is -3.55. The van der Waals surface area contributed by atoms with Crippen molar-refractivity contribution in [3.8, 4) is 6.07 Å². The molecule has 0 saturated carbocycles. The fraction of sp³-hybridized carbons (Fsp3) is 0.294. The third kappa shape index (κ3) is 3.41. The molecule has 1 fully saturated rings. The molecular formula is C17H15ClF2N4. The number of hydrogen-bond acceptors (Lipinski definition) is 4. The third-order valence-corrected chi connectivity index (χ3v) is 4.18. The van der Waals surface area contributed by atoms with Gasteiger partial charge in [0, 0.05) is 31.9 Å². The average molecular weight is 349 g/mol. The van der Waals surface area contributed by atoms with Crippen LogP contribution in [0.4, 0.5) is 20.3 Å². The molecule has 2 heterocycles.